The van der Waals surface area contributed by atoms with Crippen LogP contribution in [0.15, 0.2) is 29.2 Å². The molecule has 0 fully saturated rings. The summed E-state index contributed by atoms with van der Waals surface area (Å²) in [6.07, 6.45) is 2.27. The van der Waals surface area contributed by atoms with Gasteiger partial charge in [0, 0.05) is 5.54 Å². The quantitative estimate of drug-likeness (QED) is 0.808. The van der Waals surface area contributed by atoms with Crippen LogP contribution in [0.1, 0.15) is 45.6 Å². The van der Waals surface area contributed by atoms with Crippen LogP contribution in [0.3, 0.4) is 0 Å². The molecule has 0 amide bonds. The Bertz CT molecular complexity index is 482. The number of aliphatic hydroxyl groups excluding tert-OH is 1. The summed E-state index contributed by atoms with van der Waals surface area (Å²) in [5.74, 6) is 0. The molecule has 1 rings (SSSR count). The number of rotatable bonds is 7. The molecular weight excluding hydrogens is 262 g/mol. The van der Waals surface area contributed by atoms with E-state index in [0.29, 0.717) is 5.56 Å². The molecule has 108 valence electrons. The number of hydrogen-bond acceptors (Lipinski definition) is 3. The Morgan fingerprint density at radius 3 is 1.89 bits per heavy atom. The van der Waals surface area contributed by atoms with Crippen molar-refractivity contribution in [2.24, 2.45) is 0 Å². The van der Waals surface area contributed by atoms with Crippen molar-refractivity contribution in [3.8, 4) is 0 Å². The van der Waals surface area contributed by atoms with E-state index in [2.05, 4.69) is 4.72 Å². The van der Waals surface area contributed by atoms with E-state index in [1.165, 1.54) is 12.1 Å². The first kappa shape index (κ1) is 16.1. The largest absolute Gasteiger partial charge is 0.392 e. The Morgan fingerprint density at radius 2 is 1.53 bits per heavy atom. The highest BCUT2D eigenvalue weighted by Gasteiger charge is 2.30. The Kier molecular flexibility index (Phi) is 5.52. The molecule has 0 spiro atoms. The average Bonchev–Trinajstić information content (AvgIpc) is 2.45. The van der Waals surface area contributed by atoms with Gasteiger partial charge in [-0.3, -0.25) is 0 Å². The number of sulfonamides is 1. The van der Waals surface area contributed by atoms with Crippen LogP contribution in [0.2, 0.25) is 0 Å². The zero-order chi connectivity index (χ0) is 14.5. The van der Waals surface area contributed by atoms with Crippen LogP contribution in [-0.2, 0) is 16.6 Å². The van der Waals surface area contributed by atoms with Gasteiger partial charge in [0.1, 0.15) is 0 Å². The minimum absolute atomic E-state index is 0.0867. The Labute approximate surface area is 115 Å². The van der Waals surface area contributed by atoms with Crippen molar-refractivity contribution in [3.05, 3.63) is 29.8 Å². The third-order valence-electron chi connectivity index (χ3n) is 3.80. The zero-order valence-electron chi connectivity index (χ0n) is 11.8. The van der Waals surface area contributed by atoms with Crippen molar-refractivity contribution in [2.75, 3.05) is 0 Å². The lowest BCUT2D eigenvalue weighted by Crippen LogP contribution is -2.46. The number of aliphatic hydroxyl groups is 1. The predicted octanol–water partition coefficient (Wildman–Crippen LogP) is 2.43. The van der Waals surface area contributed by atoms with Gasteiger partial charge in [0.15, 0.2) is 0 Å². The highest BCUT2D eigenvalue weighted by Crippen LogP contribution is 2.23. The molecule has 0 bridgehead atoms. The fourth-order valence-corrected chi connectivity index (χ4v) is 3.70. The first-order chi connectivity index (χ1) is 8.93. The van der Waals surface area contributed by atoms with Gasteiger partial charge in [-0.25, -0.2) is 13.1 Å². The summed E-state index contributed by atoms with van der Waals surface area (Å²) in [4.78, 5) is 0.240. The van der Waals surface area contributed by atoms with E-state index in [-0.39, 0.29) is 17.0 Å². The van der Waals surface area contributed by atoms with E-state index >= 15 is 0 Å². The SMILES string of the molecule is CCC(CC)(CC)NS(=O)(=O)c1ccc(CO)cc1. The lowest BCUT2D eigenvalue weighted by Gasteiger charge is -2.31. The standard InChI is InChI=1S/C14H23NO3S/c1-4-14(5-2,6-3)15-19(17,18)13-9-7-12(11-16)8-10-13/h7-10,15-16H,4-6,11H2,1-3H3. The molecule has 0 aliphatic heterocycles. The van der Waals surface area contributed by atoms with Gasteiger partial charge in [0.25, 0.3) is 0 Å². The molecule has 1 aromatic rings. The minimum atomic E-state index is -3.51. The molecule has 0 heterocycles. The van der Waals surface area contributed by atoms with Gasteiger partial charge in [-0.2, -0.15) is 0 Å². The van der Waals surface area contributed by atoms with Crippen LogP contribution in [-0.4, -0.2) is 19.1 Å². The third kappa shape index (κ3) is 3.78. The molecule has 1 aromatic carbocycles. The highest BCUT2D eigenvalue weighted by atomic mass is 32.2. The van der Waals surface area contributed by atoms with Crippen molar-refractivity contribution < 1.29 is 13.5 Å². The van der Waals surface area contributed by atoms with E-state index in [0.717, 1.165) is 19.3 Å². The molecule has 19 heavy (non-hydrogen) atoms. The lowest BCUT2D eigenvalue weighted by molar-refractivity contribution is 0.281. The molecule has 0 radical (unpaired) electrons. The molecule has 2 N–H and O–H groups in total. The molecular formula is C14H23NO3S. The normalized spacial score (nSPS) is 12.6. The van der Waals surface area contributed by atoms with Crippen LogP contribution in [0, 0.1) is 0 Å². The molecule has 0 aliphatic carbocycles. The predicted molar refractivity (Wildman–Crippen MR) is 76.3 cm³/mol. The summed E-state index contributed by atoms with van der Waals surface area (Å²) in [5, 5.41) is 8.97. The van der Waals surface area contributed by atoms with Crippen LogP contribution in [0.5, 0.6) is 0 Å². The average molecular weight is 285 g/mol. The summed E-state index contributed by atoms with van der Waals surface area (Å²) < 4.78 is 27.5. The topological polar surface area (TPSA) is 66.4 Å². The van der Waals surface area contributed by atoms with Gasteiger partial charge in [0.05, 0.1) is 11.5 Å². The molecule has 5 heteroatoms. The van der Waals surface area contributed by atoms with Crippen LogP contribution in [0.4, 0.5) is 0 Å². The van der Waals surface area contributed by atoms with Crippen LogP contribution >= 0.6 is 0 Å². The van der Waals surface area contributed by atoms with Gasteiger partial charge in [-0.1, -0.05) is 32.9 Å². The summed E-state index contributed by atoms with van der Waals surface area (Å²) in [7, 11) is -3.51. The van der Waals surface area contributed by atoms with E-state index in [1.54, 1.807) is 12.1 Å². The van der Waals surface area contributed by atoms with Crippen molar-refractivity contribution in [2.45, 2.75) is 57.1 Å². The molecule has 0 saturated heterocycles. The number of benzene rings is 1. The fourth-order valence-electron chi connectivity index (χ4n) is 2.08. The molecule has 0 saturated carbocycles. The Balaban J connectivity index is 3.03. The van der Waals surface area contributed by atoms with E-state index in [9.17, 15) is 8.42 Å². The molecule has 0 aromatic heterocycles. The lowest BCUT2D eigenvalue weighted by atomic mass is 9.91. The van der Waals surface area contributed by atoms with E-state index in [4.69, 9.17) is 5.11 Å². The second kappa shape index (κ2) is 6.50. The Hall–Kier alpha value is -0.910. The maximum atomic E-state index is 12.4. The minimum Gasteiger partial charge on any atom is -0.392 e. The van der Waals surface area contributed by atoms with Crippen molar-refractivity contribution in [3.63, 3.8) is 0 Å². The third-order valence-corrected chi connectivity index (χ3v) is 5.39. The summed E-state index contributed by atoms with van der Waals surface area (Å²) >= 11 is 0. The first-order valence-corrected chi connectivity index (χ1v) is 8.15. The second-order valence-corrected chi connectivity index (χ2v) is 6.43. The first-order valence-electron chi connectivity index (χ1n) is 6.66. The molecule has 0 unspecified atom stereocenters. The van der Waals surface area contributed by atoms with Crippen LogP contribution < -0.4 is 4.72 Å². The van der Waals surface area contributed by atoms with Crippen molar-refractivity contribution in [1.82, 2.24) is 4.72 Å². The van der Waals surface area contributed by atoms with E-state index < -0.39 is 10.0 Å². The van der Waals surface area contributed by atoms with Crippen molar-refractivity contribution in [1.29, 1.82) is 0 Å². The van der Waals surface area contributed by atoms with E-state index in [1.807, 2.05) is 20.8 Å². The highest BCUT2D eigenvalue weighted by molar-refractivity contribution is 7.89. The van der Waals surface area contributed by atoms with Gasteiger partial charge in [0.2, 0.25) is 10.0 Å². The van der Waals surface area contributed by atoms with Gasteiger partial charge in [-0.15, -0.1) is 0 Å². The monoisotopic (exact) mass is 285 g/mol. The zero-order valence-corrected chi connectivity index (χ0v) is 12.6. The molecule has 4 nitrogen and oxygen atoms in total. The van der Waals surface area contributed by atoms with Gasteiger partial charge < -0.3 is 5.11 Å². The van der Waals surface area contributed by atoms with Gasteiger partial charge in [-0.05, 0) is 37.0 Å². The van der Waals surface area contributed by atoms with Gasteiger partial charge >= 0.3 is 0 Å². The summed E-state index contributed by atoms with van der Waals surface area (Å²) in [6.45, 7) is 5.88. The molecule has 0 atom stereocenters. The maximum Gasteiger partial charge on any atom is 0.241 e. The smallest absolute Gasteiger partial charge is 0.241 e. The fraction of sp³-hybridized carbons (Fsp3) is 0.571. The van der Waals surface area contributed by atoms with Crippen LogP contribution in [0.25, 0.3) is 0 Å². The second-order valence-electron chi connectivity index (χ2n) is 4.75. The summed E-state index contributed by atoms with van der Waals surface area (Å²) in [6, 6.07) is 6.30. The maximum absolute atomic E-state index is 12.4. The Morgan fingerprint density at radius 1 is 1.05 bits per heavy atom. The number of nitrogens with one attached hydrogen (secondary N) is 1. The molecule has 0 aliphatic rings. The van der Waals surface area contributed by atoms with Crippen molar-refractivity contribution >= 4 is 10.0 Å². The number of hydrogen-bond donors (Lipinski definition) is 2. The summed E-state index contributed by atoms with van der Waals surface area (Å²) in [5.41, 5.74) is 0.320.